The van der Waals surface area contributed by atoms with Crippen LogP contribution in [0.4, 0.5) is 5.69 Å². The molecule has 0 radical (unpaired) electrons. The maximum atomic E-state index is 12.3. The fourth-order valence-corrected chi connectivity index (χ4v) is 4.08. The molecule has 1 aliphatic heterocycles. The molecule has 0 saturated carbocycles. The Morgan fingerprint density at radius 2 is 2.00 bits per heavy atom. The van der Waals surface area contributed by atoms with Crippen LogP contribution in [0.2, 0.25) is 5.02 Å². The number of anilines is 1. The summed E-state index contributed by atoms with van der Waals surface area (Å²) in [5.74, 6) is 2.26. The first-order valence-corrected chi connectivity index (χ1v) is 11.0. The van der Waals surface area contributed by atoms with Crippen molar-refractivity contribution < 1.29 is 14.3 Å². The van der Waals surface area contributed by atoms with Gasteiger partial charge in [-0.05, 0) is 43.3 Å². The lowest BCUT2D eigenvalue weighted by atomic mass is 10.2. The average Bonchev–Trinajstić information content (AvgIpc) is 3.00. The van der Waals surface area contributed by atoms with Gasteiger partial charge >= 0.3 is 0 Å². The number of carbonyl (C=O) groups is 1. The smallest absolute Gasteiger partial charge is 0.234 e. The Labute approximate surface area is 183 Å². The third-order valence-electron chi connectivity index (χ3n) is 4.48. The second-order valence-corrected chi connectivity index (χ2v) is 7.99. The van der Waals surface area contributed by atoms with Gasteiger partial charge in [0.25, 0.3) is 0 Å². The minimum absolute atomic E-state index is 0.134. The summed E-state index contributed by atoms with van der Waals surface area (Å²) in [5.41, 5.74) is 1.56. The fourth-order valence-electron chi connectivity index (χ4n) is 3.09. The number of thioether (sulfide) groups is 1. The molecular formula is C21H21ClN4O3S. The summed E-state index contributed by atoms with van der Waals surface area (Å²) in [6.45, 7) is 3.97. The first kappa shape index (κ1) is 20.6. The molecule has 2 heterocycles. The number of carbonyl (C=O) groups excluding carboxylic acids is 1. The normalized spacial score (nSPS) is 13.0. The van der Waals surface area contributed by atoms with E-state index in [1.54, 1.807) is 24.3 Å². The van der Waals surface area contributed by atoms with Crippen molar-refractivity contribution in [2.45, 2.75) is 25.0 Å². The number of hydrogen-bond donors (Lipinski definition) is 1. The molecule has 0 spiro atoms. The Hall–Kier alpha value is -2.71. The Kier molecular flexibility index (Phi) is 6.44. The molecule has 30 heavy (non-hydrogen) atoms. The highest BCUT2D eigenvalue weighted by Gasteiger charge is 2.18. The number of halogens is 1. The number of ether oxygens (including phenoxy) is 2. The van der Waals surface area contributed by atoms with Crippen molar-refractivity contribution >= 4 is 35.0 Å². The van der Waals surface area contributed by atoms with Crippen molar-refractivity contribution in [2.75, 3.05) is 24.3 Å². The molecule has 7 nitrogen and oxygen atoms in total. The highest BCUT2D eigenvalue weighted by Crippen LogP contribution is 2.34. The number of hydrogen-bond acceptors (Lipinski definition) is 6. The van der Waals surface area contributed by atoms with Gasteiger partial charge < -0.3 is 19.4 Å². The van der Waals surface area contributed by atoms with Gasteiger partial charge in [0, 0.05) is 29.2 Å². The van der Waals surface area contributed by atoms with Crippen molar-refractivity contribution in [3.8, 4) is 22.9 Å². The largest absolute Gasteiger partial charge is 0.490 e. The van der Waals surface area contributed by atoms with E-state index < -0.39 is 0 Å². The van der Waals surface area contributed by atoms with E-state index in [0.717, 1.165) is 23.6 Å². The Morgan fingerprint density at radius 3 is 2.80 bits per heavy atom. The van der Waals surface area contributed by atoms with Gasteiger partial charge in [0.05, 0.1) is 19.0 Å². The predicted molar refractivity (Wildman–Crippen MR) is 118 cm³/mol. The zero-order valence-electron chi connectivity index (χ0n) is 16.4. The molecule has 1 aromatic heterocycles. The maximum absolute atomic E-state index is 12.3. The molecule has 156 valence electrons. The standard InChI is InChI=1S/C21H21ClN4O3S/c1-2-26-20(14-7-8-17-18(11-14)29-10-4-9-28-17)24-25-21(26)30-13-19(27)23-16-6-3-5-15(22)12-16/h3,5-8,11-12H,2,4,9-10,13H2,1H3,(H,23,27). The van der Waals surface area contributed by atoms with E-state index in [9.17, 15) is 4.79 Å². The van der Waals surface area contributed by atoms with Gasteiger partial charge in [-0.3, -0.25) is 4.79 Å². The van der Waals surface area contributed by atoms with Crippen LogP contribution in [0.25, 0.3) is 11.4 Å². The highest BCUT2D eigenvalue weighted by molar-refractivity contribution is 7.99. The van der Waals surface area contributed by atoms with E-state index in [1.807, 2.05) is 29.7 Å². The summed E-state index contributed by atoms with van der Waals surface area (Å²) in [5, 5.41) is 12.7. The summed E-state index contributed by atoms with van der Waals surface area (Å²) >= 11 is 7.30. The van der Waals surface area contributed by atoms with Crippen LogP contribution in [-0.2, 0) is 11.3 Å². The second-order valence-electron chi connectivity index (χ2n) is 6.61. The van der Waals surface area contributed by atoms with Gasteiger partial charge in [0.1, 0.15) is 0 Å². The molecule has 9 heteroatoms. The number of amides is 1. The molecule has 0 saturated heterocycles. The lowest BCUT2D eigenvalue weighted by Crippen LogP contribution is -2.14. The number of rotatable bonds is 6. The van der Waals surface area contributed by atoms with Gasteiger partial charge in [-0.15, -0.1) is 10.2 Å². The fraction of sp³-hybridized carbons (Fsp3) is 0.286. The molecule has 1 aliphatic rings. The Morgan fingerprint density at radius 1 is 1.17 bits per heavy atom. The Balaban J connectivity index is 1.47. The van der Waals surface area contributed by atoms with Crippen molar-refractivity contribution in [3.63, 3.8) is 0 Å². The van der Waals surface area contributed by atoms with E-state index in [2.05, 4.69) is 15.5 Å². The van der Waals surface area contributed by atoms with Crippen LogP contribution >= 0.6 is 23.4 Å². The first-order valence-electron chi connectivity index (χ1n) is 9.65. The highest BCUT2D eigenvalue weighted by atomic mass is 35.5. The molecule has 0 fully saturated rings. The van der Waals surface area contributed by atoms with Gasteiger partial charge in [0.15, 0.2) is 22.5 Å². The van der Waals surface area contributed by atoms with Crippen LogP contribution in [0, 0.1) is 0 Å². The van der Waals surface area contributed by atoms with E-state index in [-0.39, 0.29) is 11.7 Å². The quantitative estimate of drug-likeness (QED) is 0.563. The molecule has 0 unspecified atom stereocenters. The first-order chi connectivity index (χ1) is 14.6. The van der Waals surface area contributed by atoms with Crippen molar-refractivity contribution in [1.82, 2.24) is 14.8 Å². The SMILES string of the molecule is CCn1c(SCC(=O)Nc2cccc(Cl)c2)nnc1-c1ccc2c(c1)OCCCO2. The average molecular weight is 445 g/mol. The number of nitrogens with zero attached hydrogens (tertiary/aromatic N) is 3. The molecule has 0 atom stereocenters. The third kappa shape index (κ3) is 4.71. The van der Waals surface area contributed by atoms with Gasteiger partial charge in [-0.25, -0.2) is 0 Å². The zero-order chi connectivity index (χ0) is 20.9. The third-order valence-corrected chi connectivity index (χ3v) is 5.68. The van der Waals surface area contributed by atoms with E-state index in [4.69, 9.17) is 21.1 Å². The molecule has 1 amide bonds. The number of aromatic nitrogens is 3. The van der Waals surface area contributed by atoms with Crippen LogP contribution < -0.4 is 14.8 Å². The minimum atomic E-state index is -0.134. The molecule has 2 aromatic carbocycles. The number of fused-ring (bicyclic) bond motifs is 1. The van der Waals surface area contributed by atoms with Crippen LogP contribution in [0.1, 0.15) is 13.3 Å². The summed E-state index contributed by atoms with van der Waals surface area (Å²) < 4.78 is 13.5. The maximum Gasteiger partial charge on any atom is 0.234 e. The van der Waals surface area contributed by atoms with Crippen LogP contribution in [0.5, 0.6) is 11.5 Å². The van der Waals surface area contributed by atoms with E-state index in [1.165, 1.54) is 11.8 Å². The molecule has 0 aliphatic carbocycles. The number of nitrogens with one attached hydrogen (secondary N) is 1. The van der Waals surface area contributed by atoms with Gasteiger partial charge in [-0.2, -0.15) is 0 Å². The summed E-state index contributed by atoms with van der Waals surface area (Å²) in [6, 6.07) is 12.8. The predicted octanol–water partition coefficient (Wildman–Crippen LogP) is 4.51. The summed E-state index contributed by atoms with van der Waals surface area (Å²) in [6.07, 6.45) is 0.854. The lowest BCUT2D eigenvalue weighted by Gasteiger charge is -2.11. The van der Waals surface area contributed by atoms with Gasteiger partial charge in [0.2, 0.25) is 5.91 Å². The molecule has 0 bridgehead atoms. The van der Waals surface area contributed by atoms with Crippen molar-refractivity contribution in [3.05, 3.63) is 47.5 Å². The molecule has 1 N–H and O–H groups in total. The minimum Gasteiger partial charge on any atom is -0.490 e. The summed E-state index contributed by atoms with van der Waals surface area (Å²) in [4.78, 5) is 12.3. The molecule has 3 aromatic rings. The van der Waals surface area contributed by atoms with E-state index in [0.29, 0.717) is 41.4 Å². The van der Waals surface area contributed by atoms with E-state index >= 15 is 0 Å². The van der Waals surface area contributed by atoms with Crippen LogP contribution in [-0.4, -0.2) is 39.6 Å². The monoisotopic (exact) mass is 444 g/mol. The van der Waals surface area contributed by atoms with Crippen LogP contribution in [0.15, 0.2) is 47.6 Å². The van der Waals surface area contributed by atoms with Crippen molar-refractivity contribution in [1.29, 1.82) is 0 Å². The Bertz CT molecular complexity index is 1060. The van der Waals surface area contributed by atoms with Crippen LogP contribution in [0.3, 0.4) is 0 Å². The molecule has 4 rings (SSSR count). The molecular weight excluding hydrogens is 424 g/mol. The summed E-state index contributed by atoms with van der Waals surface area (Å²) in [7, 11) is 0. The van der Waals surface area contributed by atoms with Crippen molar-refractivity contribution in [2.24, 2.45) is 0 Å². The topological polar surface area (TPSA) is 78.3 Å². The number of benzene rings is 2. The zero-order valence-corrected chi connectivity index (χ0v) is 18.0. The second kappa shape index (κ2) is 9.40. The van der Waals surface area contributed by atoms with Gasteiger partial charge in [-0.1, -0.05) is 29.4 Å². The lowest BCUT2D eigenvalue weighted by molar-refractivity contribution is -0.113.